The van der Waals surface area contributed by atoms with E-state index in [9.17, 15) is 19.0 Å². The molecule has 0 saturated carbocycles. The zero-order chi connectivity index (χ0) is 61.6. The summed E-state index contributed by atoms with van der Waals surface area (Å²) < 4.78 is 33.1. The molecule has 0 aliphatic carbocycles. The molecule has 0 spiro atoms. The number of carbonyl (C=O) groups excluding carboxylic acids is 2. The van der Waals surface area contributed by atoms with Crippen LogP contribution in [0.5, 0.6) is 0 Å². The molecular formula is C75H120NO8P. The van der Waals surface area contributed by atoms with Crippen molar-refractivity contribution in [1.82, 2.24) is 0 Å². The topological polar surface area (TPSA) is 134 Å². The van der Waals surface area contributed by atoms with Crippen LogP contribution in [0.4, 0.5) is 0 Å². The number of rotatable bonds is 60. The van der Waals surface area contributed by atoms with Gasteiger partial charge in [-0.3, -0.25) is 18.6 Å². The Hall–Kier alpha value is -4.89. The third-order valence-electron chi connectivity index (χ3n) is 13.3. The second kappa shape index (κ2) is 68.2. The molecule has 85 heavy (non-hydrogen) atoms. The van der Waals surface area contributed by atoms with Gasteiger partial charge in [0.1, 0.15) is 6.61 Å². The molecule has 10 heteroatoms. The van der Waals surface area contributed by atoms with Crippen LogP contribution in [0.1, 0.15) is 245 Å². The van der Waals surface area contributed by atoms with Crippen molar-refractivity contribution in [2.24, 2.45) is 5.73 Å². The largest absolute Gasteiger partial charge is 0.472 e. The van der Waals surface area contributed by atoms with Crippen LogP contribution < -0.4 is 5.73 Å². The minimum atomic E-state index is -4.41. The maximum atomic E-state index is 12.7. The number of esters is 2. The predicted octanol–water partition coefficient (Wildman–Crippen LogP) is 22.0. The zero-order valence-electron chi connectivity index (χ0n) is 53.5. The lowest BCUT2D eigenvalue weighted by molar-refractivity contribution is -0.161. The molecule has 0 bridgehead atoms. The molecule has 0 aromatic heterocycles. The number of carbonyl (C=O) groups is 2. The third-order valence-corrected chi connectivity index (χ3v) is 14.3. The van der Waals surface area contributed by atoms with Crippen molar-refractivity contribution in [3.63, 3.8) is 0 Å². The number of phosphoric acid groups is 1. The minimum absolute atomic E-state index is 0.0392. The molecule has 9 nitrogen and oxygen atoms in total. The van der Waals surface area contributed by atoms with Crippen LogP contribution in [0.2, 0.25) is 0 Å². The number of phosphoric ester groups is 1. The first kappa shape index (κ1) is 80.1. The number of allylic oxidation sites excluding steroid dienone is 30. The highest BCUT2D eigenvalue weighted by Gasteiger charge is 2.26. The number of hydrogen-bond donors (Lipinski definition) is 2. The summed E-state index contributed by atoms with van der Waals surface area (Å²) in [6.45, 7) is 3.47. The molecule has 0 heterocycles. The average molecular weight is 1190 g/mol. The first-order valence-corrected chi connectivity index (χ1v) is 34.8. The van der Waals surface area contributed by atoms with Gasteiger partial charge >= 0.3 is 19.8 Å². The van der Waals surface area contributed by atoms with E-state index in [4.69, 9.17) is 24.3 Å². The summed E-state index contributed by atoms with van der Waals surface area (Å²) >= 11 is 0. The van der Waals surface area contributed by atoms with Crippen LogP contribution in [0.15, 0.2) is 182 Å². The van der Waals surface area contributed by atoms with Crippen LogP contribution in [-0.4, -0.2) is 49.3 Å². The number of nitrogens with two attached hydrogens (primary N) is 1. The molecule has 0 aliphatic rings. The molecule has 0 radical (unpaired) electrons. The quantitative estimate of drug-likeness (QED) is 0.0264. The van der Waals surface area contributed by atoms with Gasteiger partial charge in [0.05, 0.1) is 13.2 Å². The summed E-state index contributed by atoms with van der Waals surface area (Å²) in [4.78, 5) is 35.3. The monoisotopic (exact) mass is 1190 g/mol. The lowest BCUT2D eigenvalue weighted by Gasteiger charge is -2.19. The average Bonchev–Trinajstić information content (AvgIpc) is 3.52. The fourth-order valence-electron chi connectivity index (χ4n) is 8.46. The van der Waals surface area contributed by atoms with Gasteiger partial charge in [0.2, 0.25) is 0 Å². The summed E-state index contributed by atoms with van der Waals surface area (Å²) in [5, 5.41) is 0. The van der Waals surface area contributed by atoms with E-state index < -0.39 is 32.5 Å². The van der Waals surface area contributed by atoms with Gasteiger partial charge in [-0.05, 0) is 135 Å². The Balaban J connectivity index is 4.02. The highest BCUT2D eigenvalue weighted by molar-refractivity contribution is 7.47. The van der Waals surface area contributed by atoms with E-state index in [1.54, 1.807) is 0 Å². The summed E-state index contributed by atoms with van der Waals surface area (Å²) in [5.74, 6) is -0.869. The fraction of sp³-hybridized carbons (Fsp3) is 0.573. The maximum Gasteiger partial charge on any atom is 0.472 e. The van der Waals surface area contributed by atoms with Crippen molar-refractivity contribution in [3.8, 4) is 0 Å². The van der Waals surface area contributed by atoms with E-state index in [0.717, 1.165) is 148 Å². The standard InChI is InChI=1S/C75H120NO8P/c1-3-5-7-9-11-13-15-17-19-21-23-25-27-29-31-33-34-35-36-37-38-40-41-43-45-47-49-51-53-55-57-59-61-63-65-67-74(77)81-71-73(72-83-85(79,80)82-70-69-76)84-75(78)68-66-64-62-60-58-56-54-52-50-48-46-44-42-39-32-30-28-26-24-22-20-18-16-14-12-10-8-6-4-2/h5-8,11-14,17-20,23-26,29-32,34-35,37-38,42,44,48,50,54,56,73H,3-4,9-10,15-16,21-22,27-28,33,36,39-41,43,45-47,49,51-53,55,57-72,76H2,1-2H3,(H,79,80)/b7-5-,8-6-,13-11-,14-12-,19-17-,20-18-,25-23-,26-24-,31-29-,32-30-,35-34-,38-37-,44-42-,50-48-,56-54-. The predicted molar refractivity (Wildman–Crippen MR) is 366 cm³/mol. The van der Waals surface area contributed by atoms with Gasteiger partial charge in [0, 0.05) is 19.4 Å². The number of ether oxygens (including phenoxy) is 2. The van der Waals surface area contributed by atoms with Gasteiger partial charge in [0.25, 0.3) is 0 Å². The van der Waals surface area contributed by atoms with E-state index in [-0.39, 0.29) is 32.6 Å². The van der Waals surface area contributed by atoms with Crippen LogP contribution in [-0.2, 0) is 32.7 Å². The Morgan fingerprint density at radius 1 is 0.353 bits per heavy atom. The Morgan fingerprint density at radius 3 is 0.906 bits per heavy atom. The van der Waals surface area contributed by atoms with Crippen LogP contribution >= 0.6 is 7.82 Å². The molecular weight excluding hydrogens is 1070 g/mol. The number of hydrogen-bond acceptors (Lipinski definition) is 8. The van der Waals surface area contributed by atoms with Crippen molar-refractivity contribution < 1.29 is 37.6 Å². The lowest BCUT2D eigenvalue weighted by atomic mass is 10.0. The second-order valence-corrected chi connectivity index (χ2v) is 22.7. The first-order valence-electron chi connectivity index (χ1n) is 33.3. The van der Waals surface area contributed by atoms with Gasteiger partial charge in [-0.1, -0.05) is 280 Å². The Labute approximate surface area is 520 Å². The molecule has 2 atom stereocenters. The highest BCUT2D eigenvalue weighted by Crippen LogP contribution is 2.43. The van der Waals surface area contributed by atoms with E-state index in [2.05, 4.69) is 196 Å². The van der Waals surface area contributed by atoms with Gasteiger partial charge < -0.3 is 20.1 Å². The van der Waals surface area contributed by atoms with Gasteiger partial charge in [-0.15, -0.1) is 0 Å². The summed E-state index contributed by atoms with van der Waals surface area (Å²) in [5.41, 5.74) is 5.39. The molecule has 3 N–H and O–H groups in total. The number of unbranched alkanes of at least 4 members (excludes halogenated alkanes) is 17. The second-order valence-electron chi connectivity index (χ2n) is 21.2. The smallest absolute Gasteiger partial charge is 0.462 e. The molecule has 0 aromatic carbocycles. The SMILES string of the molecule is CC/C=C\C/C=C\C/C=C\C/C=C\C/C=C\C/C=C\C/C=C\C/C=C\CCCCCCC(=O)OC(COC(=O)CCCCCCCCCCCCCCC/C=C\C/C=C\C/C=C\C/C=C\C/C=C\C/C=C\C/C=C\CC)COP(=O)(O)OCCN. The maximum absolute atomic E-state index is 12.7. The molecule has 0 rings (SSSR count). The van der Waals surface area contributed by atoms with Crippen molar-refractivity contribution in [1.29, 1.82) is 0 Å². The highest BCUT2D eigenvalue weighted by atomic mass is 31.2. The van der Waals surface area contributed by atoms with E-state index in [1.165, 1.54) is 64.2 Å². The third kappa shape index (κ3) is 68.1. The first-order chi connectivity index (χ1) is 41.8. The molecule has 0 aliphatic heterocycles. The van der Waals surface area contributed by atoms with Crippen molar-refractivity contribution in [3.05, 3.63) is 182 Å². The minimum Gasteiger partial charge on any atom is -0.462 e. The van der Waals surface area contributed by atoms with Crippen LogP contribution in [0.3, 0.4) is 0 Å². The molecule has 478 valence electrons. The van der Waals surface area contributed by atoms with Gasteiger partial charge in [0.15, 0.2) is 6.10 Å². The lowest BCUT2D eigenvalue weighted by Crippen LogP contribution is -2.29. The van der Waals surface area contributed by atoms with E-state index in [0.29, 0.717) is 6.42 Å². The van der Waals surface area contributed by atoms with E-state index >= 15 is 0 Å². The normalized spacial score (nSPS) is 14.2. The Morgan fingerprint density at radius 2 is 0.612 bits per heavy atom. The fourth-order valence-corrected chi connectivity index (χ4v) is 9.22. The molecule has 2 unspecified atom stereocenters. The summed E-state index contributed by atoms with van der Waals surface area (Å²) in [7, 11) is -4.41. The Kier molecular flexibility index (Phi) is 64.3. The molecule has 0 saturated heterocycles. The molecule has 0 amide bonds. The Bertz CT molecular complexity index is 2040. The van der Waals surface area contributed by atoms with E-state index in [1.807, 2.05) is 0 Å². The van der Waals surface area contributed by atoms with Crippen molar-refractivity contribution in [2.75, 3.05) is 26.4 Å². The molecule has 0 aromatic rings. The van der Waals surface area contributed by atoms with Gasteiger partial charge in [-0.2, -0.15) is 0 Å². The zero-order valence-corrected chi connectivity index (χ0v) is 54.4. The van der Waals surface area contributed by atoms with Crippen molar-refractivity contribution in [2.45, 2.75) is 251 Å². The van der Waals surface area contributed by atoms with Gasteiger partial charge in [-0.25, -0.2) is 4.57 Å². The molecule has 0 fully saturated rings. The summed E-state index contributed by atoms with van der Waals surface area (Å²) in [6.07, 6.45) is 102. The van der Waals surface area contributed by atoms with Crippen LogP contribution in [0.25, 0.3) is 0 Å². The summed E-state index contributed by atoms with van der Waals surface area (Å²) in [6, 6.07) is 0. The van der Waals surface area contributed by atoms with Crippen molar-refractivity contribution >= 4 is 19.8 Å². The van der Waals surface area contributed by atoms with Crippen LogP contribution in [0, 0.1) is 0 Å².